The van der Waals surface area contributed by atoms with E-state index in [1.54, 1.807) is 18.2 Å². The fourth-order valence-electron chi connectivity index (χ4n) is 4.87. The standard InChI is InChI=1S/C28H33ClN4O5/c1-18(17-34)13-21(16-33-9-11-38-12-10-33)31-25(27(35)30-15-19-5-3-2-4-6-19)24-22-8-7-20(29)14-23(22)32-26(24)28(36)37/h2-8,14,17-18,21,25,31-32H,9-13,15-16H2,1H3,(H,30,35)(H,36,37). The third-order valence-electron chi connectivity index (χ3n) is 6.75. The molecule has 0 spiro atoms. The van der Waals surface area contributed by atoms with E-state index in [0.717, 1.165) is 24.9 Å². The number of rotatable bonds is 12. The molecule has 2 heterocycles. The van der Waals surface area contributed by atoms with Gasteiger partial charge in [-0.05, 0) is 24.1 Å². The van der Waals surface area contributed by atoms with Gasteiger partial charge in [0.05, 0.1) is 13.2 Å². The number of carboxylic acid groups (broad SMARTS) is 1. The number of carbonyl (C=O) groups is 3. The summed E-state index contributed by atoms with van der Waals surface area (Å²) in [4.78, 5) is 42.8. The fraction of sp³-hybridized carbons (Fsp3) is 0.393. The van der Waals surface area contributed by atoms with Crippen LogP contribution >= 0.6 is 11.6 Å². The van der Waals surface area contributed by atoms with Gasteiger partial charge in [0, 0.05) is 59.6 Å². The molecule has 0 saturated carbocycles. The van der Waals surface area contributed by atoms with Crippen LogP contribution in [0.2, 0.25) is 5.02 Å². The number of aromatic carboxylic acids is 1. The normalized spacial score (nSPS) is 16.6. The molecule has 1 saturated heterocycles. The van der Waals surface area contributed by atoms with Crippen molar-refractivity contribution in [2.24, 2.45) is 5.92 Å². The number of halogens is 1. The topological polar surface area (TPSA) is 124 Å². The average Bonchev–Trinajstić information content (AvgIpc) is 3.30. The molecule has 4 rings (SSSR count). The van der Waals surface area contributed by atoms with Crippen LogP contribution in [-0.2, 0) is 20.9 Å². The molecule has 1 aliphatic rings. The Hall–Kier alpha value is -3.24. The molecule has 3 aromatic rings. The lowest BCUT2D eigenvalue weighted by Crippen LogP contribution is -2.50. The Bertz CT molecular complexity index is 1260. The van der Waals surface area contributed by atoms with Crippen molar-refractivity contribution in [2.75, 3.05) is 32.8 Å². The van der Waals surface area contributed by atoms with Crippen molar-refractivity contribution in [1.82, 2.24) is 20.5 Å². The number of nitrogens with zero attached hydrogens (tertiary/aromatic N) is 1. The van der Waals surface area contributed by atoms with Crippen LogP contribution in [0.4, 0.5) is 0 Å². The van der Waals surface area contributed by atoms with Gasteiger partial charge in [-0.1, -0.05) is 54.9 Å². The second-order valence-corrected chi connectivity index (χ2v) is 10.1. The number of amides is 1. The van der Waals surface area contributed by atoms with Gasteiger partial charge in [-0.15, -0.1) is 0 Å². The van der Waals surface area contributed by atoms with Crippen LogP contribution in [0.3, 0.4) is 0 Å². The zero-order valence-corrected chi connectivity index (χ0v) is 22.0. The third-order valence-corrected chi connectivity index (χ3v) is 6.98. The zero-order chi connectivity index (χ0) is 27.1. The van der Waals surface area contributed by atoms with E-state index in [4.69, 9.17) is 16.3 Å². The summed E-state index contributed by atoms with van der Waals surface area (Å²) in [7, 11) is 0. The number of carboxylic acids is 1. The Kier molecular flexibility index (Phi) is 9.52. The fourth-order valence-corrected chi connectivity index (χ4v) is 5.04. The van der Waals surface area contributed by atoms with Gasteiger partial charge in [-0.2, -0.15) is 0 Å². The molecule has 1 fully saturated rings. The maximum atomic E-state index is 13.8. The van der Waals surface area contributed by atoms with Gasteiger partial charge in [0.1, 0.15) is 18.0 Å². The van der Waals surface area contributed by atoms with E-state index in [-0.39, 0.29) is 30.1 Å². The predicted molar refractivity (Wildman–Crippen MR) is 145 cm³/mol. The lowest BCUT2D eigenvalue weighted by molar-refractivity contribution is -0.123. The highest BCUT2D eigenvalue weighted by Gasteiger charge is 2.32. The van der Waals surface area contributed by atoms with Gasteiger partial charge < -0.3 is 24.9 Å². The molecule has 2 aromatic carbocycles. The maximum absolute atomic E-state index is 13.8. The lowest BCUT2D eigenvalue weighted by atomic mass is 9.97. The first-order chi connectivity index (χ1) is 18.4. The molecule has 202 valence electrons. The number of nitrogens with one attached hydrogen (secondary N) is 3. The minimum absolute atomic E-state index is 0.0804. The number of H-pyrrole nitrogens is 1. The molecule has 10 heteroatoms. The number of fused-ring (bicyclic) bond motifs is 1. The van der Waals surface area contributed by atoms with Crippen molar-refractivity contribution in [3.8, 4) is 0 Å². The van der Waals surface area contributed by atoms with Crippen molar-refractivity contribution in [3.63, 3.8) is 0 Å². The quantitative estimate of drug-likeness (QED) is 0.260. The van der Waals surface area contributed by atoms with E-state index in [2.05, 4.69) is 20.5 Å². The number of morpholine rings is 1. The first-order valence-corrected chi connectivity index (χ1v) is 13.1. The minimum Gasteiger partial charge on any atom is -0.477 e. The molecule has 1 aliphatic heterocycles. The molecule has 0 radical (unpaired) electrons. The van der Waals surface area contributed by atoms with Gasteiger partial charge in [0.25, 0.3) is 0 Å². The molecular formula is C28H33ClN4O5. The summed E-state index contributed by atoms with van der Waals surface area (Å²) in [5.41, 5.74) is 1.70. The van der Waals surface area contributed by atoms with Gasteiger partial charge >= 0.3 is 5.97 Å². The number of aromatic amines is 1. The van der Waals surface area contributed by atoms with Crippen LogP contribution in [-0.4, -0.2) is 72.0 Å². The number of benzene rings is 2. The first kappa shape index (κ1) is 27.8. The summed E-state index contributed by atoms with van der Waals surface area (Å²) in [6.07, 6.45) is 1.38. The number of carbonyl (C=O) groups excluding carboxylic acids is 2. The SMILES string of the molecule is CC(C=O)CC(CN1CCOCC1)NC(C(=O)NCc1ccccc1)c1c(C(=O)O)[nH]c2cc(Cl)ccc12. The lowest BCUT2D eigenvalue weighted by Gasteiger charge is -2.33. The van der Waals surface area contributed by atoms with E-state index >= 15 is 0 Å². The highest BCUT2D eigenvalue weighted by atomic mass is 35.5. The molecule has 3 unspecified atom stereocenters. The van der Waals surface area contributed by atoms with Gasteiger partial charge in [-0.3, -0.25) is 15.0 Å². The highest BCUT2D eigenvalue weighted by molar-refractivity contribution is 6.31. The zero-order valence-electron chi connectivity index (χ0n) is 21.3. The van der Waals surface area contributed by atoms with Crippen molar-refractivity contribution in [3.05, 3.63) is 70.4 Å². The number of ether oxygens (including phenoxy) is 1. The van der Waals surface area contributed by atoms with Crippen molar-refractivity contribution in [1.29, 1.82) is 0 Å². The number of aldehydes is 1. The Labute approximate surface area is 226 Å². The monoisotopic (exact) mass is 540 g/mol. The van der Waals surface area contributed by atoms with Crippen LogP contribution in [0.1, 0.15) is 41.0 Å². The van der Waals surface area contributed by atoms with Crippen molar-refractivity contribution >= 4 is 40.7 Å². The minimum atomic E-state index is -1.18. The van der Waals surface area contributed by atoms with Crippen LogP contribution < -0.4 is 10.6 Å². The Balaban J connectivity index is 1.71. The molecule has 1 amide bonds. The van der Waals surface area contributed by atoms with Crippen LogP contribution in [0.5, 0.6) is 0 Å². The summed E-state index contributed by atoms with van der Waals surface area (Å²) in [6, 6.07) is 13.3. The van der Waals surface area contributed by atoms with E-state index in [1.165, 1.54) is 0 Å². The maximum Gasteiger partial charge on any atom is 0.352 e. The summed E-state index contributed by atoms with van der Waals surface area (Å²) < 4.78 is 5.47. The second-order valence-electron chi connectivity index (χ2n) is 9.67. The van der Waals surface area contributed by atoms with Crippen molar-refractivity contribution in [2.45, 2.75) is 32.0 Å². The summed E-state index contributed by atoms with van der Waals surface area (Å²) in [6.45, 7) is 5.41. The van der Waals surface area contributed by atoms with Crippen LogP contribution in [0.25, 0.3) is 10.9 Å². The Morgan fingerprint density at radius 2 is 1.92 bits per heavy atom. The first-order valence-electron chi connectivity index (χ1n) is 12.7. The Morgan fingerprint density at radius 1 is 1.18 bits per heavy atom. The molecule has 4 N–H and O–H groups in total. The van der Waals surface area contributed by atoms with Crippen LogP contribution in [0, 0.1) is 5.92 Å². The third kappa shape index (κ3) is 6.99. The van der Waals surface area contributed by atoms with Crippen molar-refractivity contribution < 1.29 is 24.2 Å². The van der Waals surface area contributed by atoms with E-state index < -0.39 is 12.0 Å². The van der Waals surface area contributed by atoms with Gasteiger partial charge in [0.2, 0.25) is 5.91 Å². The molecule has 38 heavy (non-hydrogen) atoms. The number of aromatic nitrogens is 1. The molecule has 1 aromatic heterocycles. The van der Waals surface area contributed by atoms with Crippen LogP contribution in [0.15, 0.2) is 48.5 Å². The summed E-state index contributed by atoms with van der Waals surface area (Å²) in [5.74, 6) is -1.79. The molecule has 0 aliphatic carbocycles. The van der Waals surface area contributed by atoms with E-state index in [9.17, 15) is 19.5 Å². The largest absolute Gasteiger partial charge is 0.477 e. The number of hydrogen-bond donors (Lipinski definition) is 4. The smallest absolute Gasteiger partial charge is 0.352 e. The summed E-state index contributed by atoms with van der Waals surface area (Å²) >= 11 is 6.17. The predicted octanol–water partition coefficient (Wildman–Crippen LogP) is 3.39. The molecule has 0 bridgehead atoms. The summed E-state index contributed by atoms with van der Waals surface area (Å²) in [5, 5.41) is 17.5. The molecular weight excluding hydrogens is 508 g/mol. The highest BCUT2D eigenvalue weighted by Crippen LogP contribution is 2.31. The molecule has 3 atom stereocenters. The average molecular weight is 541 g/mol. The Morgan fingerprint density at radius 3 is 2.61 bits per heavy atom. The van der Waals surface area contributed by atoms with Gasteiger partial charge in [-0.25, -0.2) is 4.79 Å². The van der Waals surface area contributed by atoms with Gasteiger partial charge in [0.15, 0.2) is 0 Å². The second kappa shape index (κ2) is 13.0. The molecule has 9 nitrogen and oxygen atoms in total. The van der Waals surface area contributed by atoms with E-state index in [0.29, 0.717) is 47.7 Å². The number of hydrogen-bond acceptors (Lipinski definition) is 6. The van der Waals surface area contributed by atoms with E-state index in [1.807, 2.05) is 37.3 Å².